The molecule has 4 N–H and O–H groups in total. The van der Waals surface area contributed by atoms with Crippen molar-refractivity contribution in [2.24, 2.45) is 5.73 Å². The summed E-state index contributed by atoms with van der Waals surface area (Å²) in [5.74, 6) is -0.110. The molecule has 0 saturated heterocycles. The first kappa shape index (κ1) is 11.2. The topological polar surface area (TPSA) is 84.2 Å². The fourth-order valence-electron chi connectivity index (χ4n) is 2.42. The Balaban J connectivity index is 1.71. The molecule has 5 nitrogen and oxygen atoms in total. The molecule has 94 valence electrons. The average Bonchev–Trinajstić information content (AvgIpc) is 2.65. The second-order valence-corrected chi connectivity index (χ2v) is 5.00. The van der Waals surface area contributed by atoms with Crippen LogP contribution >= 0.6 is 0 Å². The summed E-state index contributed by atoms with van der Waals surface area (Å²) in [6, 6.07) is 5.71. The summed E-state index contributed by atoms with van der Waals surface area (Å²) < 4.78 is 0. The quantitative estimate of drug-likeness (QED) is 0.705. The maximum absolute atomic E-state index is 12.0. The summed E-state index contributed by atoms with van der Waals surface area (Å²) in [5, 5.41) is 5.69. The van der Waals surface area contributed by atoms with E-state index in [1.54, 1.807) is 18.2 Å². The fourth-order valence-corrected chi connectivity index (χ4v) is 2.42. The molecule has 2 aliphatic rings. The predicted molar refractivity (Wildman–Crippen MR) is 67.2 cm³/mol. The van der Waals surface area contributed by atoms with E-state index in [1.807, 2.05) is 0 Å². The van der Waals surface area contributed by atoms with E-state index in [4.69, 9.17) is 5.73 Å². The molecule has 1 aromatic rings. The minimum absolute atomic E-state index is 0.0208. The Hall–Kier alpha value is -1.88. The molecule has 1 saturated carbocycles. The van der Waals surface area contributed by atoms with Gasteiger partial charge < -0.3 is 16.4 Å². The second-order valence-electron chi connectivity index (χ2n) is 5.00. The number of carbonyl (C=O) groups excluding carboxylic acids is 2. The summed E-state index contributed by atoms with van der Waals surface area (Å²) in [5.41, 5.74) is 7.97. The highest BCUT2D eigenvalue weighted by atomic mass is 16.2. The van der Waals surface area contributed by atoms with Crippen LogP contribution < -0.4 is 16.4 Å². The lowest BCUT2D eigenvalue weighted by molar-refractivity contribution is -0.115. The molecule has 0 unspecified atom stereocenters. The molecule has 1 aromatic carbocycles. The van der Waals surface area contributed by atoms with Crippen molar-refractivity contribution in [3.63, 3.8) is 0 Å². The van der Waals surface area contributed by atoms with E-state index >= 15 is 0 Å². The molecule has 0 aromatic heterocycles. The Morgan fingerprint density at radius 1 is 1.39 bits per heavy atom. The Kier molecular flexibility index (Phi) is 2.56. The molecule has 0 spiro atoms. The van der Waals surface area contributed by atoms with Gasteiger partial charge in [-0.2, -0.15) is 0 Å². The molecule has 18 heavy (non-hydrogen) atoms. The largest absolute Gasteiger partial charge is 0.349 e. The number of anilines is 1. The first-order chi connectivity index (χ1) is 8.61. The van der Waals surface area contributed by atoms with Crippen molar-refractivity contribution in [3.05, 3.63) is 29.3 Å². The number of benzene rings is 1. The summed E-state index contributed by atoms with van der Waals surface area (Å²) in [6.45, 7) is 0. The first-order valence-electron chi connectivity index (χ1n) is 6.11. The Morgan fingerprint density at radius 2 is 2.17 bits per heavy atom. The minimum Gasteiger partial charge on any atom is -0.349 e. The van der Waals surface area contributed by atoms with Gasteiger partial charge in [0.2, 0.25) is 5.91 Å². The van der Waals surface area contributed by atoms with Crippen LogP contribution in [0.25, 0.3) is 0 Å². The van der Waals surface area contributed by atoms with Gasteiger partial charge in [0.1, 0.15) is 0 Å². The van der Waals surface area contributed by atoms with Gasteiger partial charge in [0, 0.05) is 23.3 Å². The zero-order valence-corrected chi connectivity index (χ0v) is 9.90. The van der Waals surface area contributed by atoms with Crippen LogP contribution in [0.3, 0.4) is 0 Å². The predicted octanol–water partition coefficient (Wildman–Crippen LogP) is 0.401. The Labute approximate surface area is 105 Å². The van der Waals surface area contributed by atoms with Crippen molar-refractivity contribution in [1.82, 2.24) is 5.32 Å². The third-order valence-electron chi connectivity index (χ3n) is 3.50. The van der Waals surface area contributed by atoms with Crippen LogP contribution in [0.15, 0.2) is 18.2 Å². The van der Waals surface area contributed by atoms with E-state index < -0.39 is 0 Å². The summed E-state index contributed by atoms with van der Waals surface area (Å²) in [6.07, 6.45) is 2.04. The minimum atomic E-state index is -0.0888. The number of carbonyl (C=O) groups is 2. The molecule has 0 bridgehead atoms. The highest BCUT2D eigenvalue weighted by Gasteiger charge is 2.28. The third kappa shape index (κ3) is 1.97. The van der Waals surface area contributed by atoms with Crippen molar-refractivity contribution in [3.8, 4) is 0 Å². The van der Waals surface area contributed by atoms with Gasteiger partial charge in [-0.05, 0) is 36.6 Å². The van der Waals surface area contributed by atoms with Crippen LogP contribution in [-0.4, -0.2) is 23.9 Å². The summed E-state index contributed by atoms with van der Waals surface area (Å²) in [4.78, 5) is 23.2. The second kappa shape index (κ2) is 4.10. The molecular weight excluding hydrogens is 230 g/mol. The molecule has 0 atom stereocenters. The van der Waals surface area contributed by atoms with Crippen molar-refractivity contribution >= 4 is 17.5 Å². The van der Waals surface area contributed by atoms with E-state index in [0.717, 1.165) is 24.1 Å². The van der Waals surface area contributed by atoms with E-state index in [0.29, 0.717) is 12.0 Å². The van der Waals surface area contributed by atoms with Crippen LogP contribution in [0.2, 0.25) is 0 Å². The highest BCUT2D eigenvalue weighted by Crippen LogP contribution is 2.24. The monoisotopic (exact) mass is 245 g/mol. The molecule has 1 heterocycles. The van der Waals surface area contributed by atoms with Crippen molar-refractivity contribution < 1.29 is 9.59 Å². The molecule has 2 amide bonds. The van der Waals surface area contributed by atoms with Gasteiger partial charge in [0.05, 0.1) is 6.42 Å². The third-order valence-corrected chi connectivity index (χ3v) is 3.50. The van der Waals surface area contributed by atoms with Gasteiger partial charge in [-0.25, -0.2) is 0 Å². The van der Waals surface area contributed by atoms with E-state index in [-0.39, 0.29) is 23.9 Å². The lowest BCUT2D eigenvalue weighted by Gasteiger charge is -2.32. The molecule has 5 heteroatoms. The molecule has 1 aliphatic carbocycles. The Bertz CT molecular complexity index is 521. The molecule has 1 aliphatic heterocycles. The summed E-state index contributed by atoms with van der Waals surface area (Å²) in [7, 11) is 0. The van der Waals surface area contributed by atoms with Gasteiger partial charge in [0.25, 0.3) is 5.91 Å². The van der Waals surface area contributed by atoms with Crippen LogP contribution in [0.1, 0.15) is 28.8 Å². The standard InChI is InChI=1S/C13H15N3O2/c14-9-5-10(6-9)15-13(18)7-1-2-11-8(3-7)4-12(17)16-11/h1-3,9-10H,4-6,14H2,(H,15,18)(H,16,17). The van der Waals surface area contributed by atoms with Gasteiger partial charge in [-0.1, -0.05) is 0 Å². The molecule has 3 rings (SSSR count). The normalized spacial score (nSPS) is 25.1. The van der Waals surface area contributed by atoms with E-state index in [1.165, 1.54) is 0 Å². The lowest BCUT2D eigenvalue weighted by atomic mass is 9.87. The zero-order chi connectivity index (χ0) is 12.7. The smallest absolute Gasteiger partial charge is 0.251 e. The average molecular weight is 245 g/mol. The molecular formula is C13H15N3O2. The van der Waals surface area contributed by atoms with Gasteiger partial charge in [-0.3, -0.25) is 9.59 Å². The highest BCUT2D eigenvalue weighted by molar-refractivity contribution is 6.01. The molecule has 0 radical (unpaired) electrons. The van der Waals surface area contributed by atoms with Crippen LogP contribution in [0, 0.1) is 0 Å². The van der Waals surface area contributed by atoms with Crippen molar-refractivity contribution in [2.45, 2.75) is 31.3 Å². The van der Waals surface area contributed by atoms with Gasteiger partial charge >= 0.3 is 0 Å². The van der Waals surface area contributed by atoms with E-state index in [9.17, 15) is 9.59 Å². The number of hydrogen-bond acceptors (Lipinski definition) is 3. The number of amides is 2. The number of nitrogens with one attached hydrogen (secondary N) is 2. The van der Waals surface area contributed by atoms with Gasteiger partial charge in [0.15, 0.2) is 0 Å². The maximum Gasteiger partial charge on any atom is 0.251 e. The van der Waals surface area contributed by atoms with Crippen LogP contribution in [0.5, 0.6) is 0 Å². The van der Waals surface area contributed by atoms with Crippen LogP contribution in [0.4, 0.5) is 5.69 Å². The first-order valence-corrected chi connectivity index (χ1v) is 6.11. The number of rotatable bonds is 2. The van der Waals surface area contributed by atoms with E-state index in [2.05, 4.69) is 10.6 Å². The fraction of sp³-hybridized carbons (Fsp3) is 0.385. The molecule has 1 fully saturated rings. The zero-order valence-electron chi connectivity index (χ0n) is 9.90. The van der Waals surface area contributed by atoms with Gasteiger partial charge in [-0.15, -0.1) is 0 Å². The summed E-state index contributed by atoms with van der Waals surface area (Å²) >= 11 is 0. The number of fused-ring (bicyclic) bond motifs is 1. The SMILES string of the molecule is NC1CC(NC(=O)c2ccc3c(c2)CC(=O)N3)C1. The Morgan fingerprint density at radius 3 is 2.89 bits per heavy atom. The van der Waals surface area contributed by atoms with Crippen LogP contribution in [-0.2, 0) is 11.2 Å². The maximum atomic E-state index is 12.0. The van der Waals surface area contributed by atoms with Crippen molar-refractivity contribution in [1.29, 1.82) is 0 Å². The van der Waals surface area contributed by atoms with Crippen molar-refractivity contribution in [2.75, 3.05) is 5.32 Å². The lowest BCUT2D eigenvalue weighted by Crippen LogP contribution is -2.50. The number of hydrogen-bond donors (Lipinski definition) is 3. The number of nitrogens with two attached hydrogens (primary N) is 1.